The van der Waals surface area contributed by atoms with Gasteiger partial charge in [0, 0.05) is 11.6 Å². The number of nitrogens with zero attached hydrogens (tertiary/aromatic N) is 3. The summed E-state index contributed by atoms with van der Waals surface area (Å²) in [6, 6.07) is 3.61. The number of ether oxygens (including phenoxy) is 3. The minimum Gasteiger partial charge on any atom is -0.478 e. The number of nitriles is 1. The lowest BCUT2D eigenvalue weighted by atomic mass is 10.1. The first-order valence-corrected chi connectivity index (χ1v) is 9.82. The number of benzene rings is 1. The molecule has 0 bridgehead atoms. The number of nitrogens with one attached hydrogen (secondary N) is 2. The van der Waals surface area contributed by atoms with Crippen molar-refractivity contribution in [2.75, 3.05) is 25.5 Å². The molecule has 31 heavy (non-hydrogen) atoms. The van der Waals surface area contributed by atoms with Crippen LogP contribution in [0.3, 0.4) is 0 Å². The highest BCUT2D eigenvalue weighted by atomic mass is 32.2. The average Bonchev–Trinajstić information content (AvgIpc) is 3.18. The van der Waals surface area contributed by atoms with Crippen molar-refractivity contribution in [1.82, 2.24) is 15.0 Å². The monoisotopic (exact) mass is 457 g/mol. The molecule has 0 unspecified atom stereocenters. The molecule has 0 radical (unpaired) electrons. The van der Waals surface area contributed by atoms with E-state index in [1.807, 2.05) is 0 Å². The first-order valence-electron chi connectivity index (χ1n) is 8.33. The molecule has 164 valence electrons. The summed E-state index contributed by atoms with van der Waals surface area (Å²) < 4.78 is 83.0. The molecular formula is C17H14F3N5O5S. The van der Waals surface area contributed by atoms with Gasteiger partial charge in [0.25, 0.3) is 28.2 Å². The predicted octanol–water partition coefficient (Wildman–Crippen LogP) is 2.75. The summed E-state index contributed by atoms with van der Waals surface area (Å²) in [7, 11) is -1.94. The molecule has 0 amide bonds. The van der Waals surface area contributed by atoms with E-state index in [-0.39, 0.29) is 29.5 Å². The van der Waals surface area contributed by atoms with Gasteiger partial charge in [0.05, 0.1) is 25.3 Å². The smallest absolute Gasteiger partial charge is 0.266 e. The first-order chi connectivity index (χ1) is 14.7. The Morgan fingerprint density at radius 2 is 1.87 bits per heavy atom. The number of rotatable bonds is 8. The number of H-pyrrole nitrogens is 1. The maximum absolute atomic E-state index is 14.3. The number of sulfonamides is 1. The Bertz CT molecular complexity index is 1250. The SMILES string of the molecule is COc1nc(NS(=O)(=O)c2c[nH]c3c(F)c(C(F)F)ccc23)nc(OC)c1OCC#N. The number of hydrogen-bond acceptors (Lipinski definition) is 8. The Morgan fingerprint density at radius 3 is 2.42 bits per heavy atom. The number of hydrogen-bond donors (Lipinski definition) is 2. The van der Waals surface area contributed by atoms with Crippen LogP contribution in [-0.4, -0.2) is 44.2 Å². The van der Waals surface area contributed by atoms with Gasteiger partial charge < -0.3 is 19.2 Å². The summed E-state index contributed by atoms with van der Waals surface area (Å²) in [5.74, 6) is -2.29. The lowest BCUT2D eigenvalue weighted by molar-refractivity contribution is 0.146. The molecule has 0 atom stereocenters. The van der Waals surface area contributed by atoms with Crippen LogP contribution in [0.4, 0.5) is 19.1 Å². The van der Waals surface area contributed by atoms with Gasteiger partial charge in [-0.3, -0.25) is 0 Å². The van der Waals surface area contributed by atoms with Crippen molar-refractivity contribution in [2.24, 2.45) is 0 Å². The molecule has 0 fully saturated rings. The van der Waals surface area contributed by atoms with E-state index in [0.29, 0.717) is 0 Å². The maximum atomic E-state index is 14.3. The minimum atomic E-state index is -4.39. The fraction of sp³-hybridized carbons (Fsp3) is 0.235. The van der Waals surface area contributed by atoms with E-state index < -0.39 is 44.2 Å². The van der Waals surface area contributed by atoms with Gasteiger partial charge in [0.15, 0.2) is 12.4 Å². The van der Waals surface area contributed by atoms with Crippen molar-refractivity contribution >= 4 is 26.9 Å². The molecule has 3 rings (SSSR count). The van der Waals surface area contributed by atoms with E-state index in [0.717, 1.165) is 18.3 Å². The van der Waals surface area contributed by atoms with E-state index in [2.05, 4.69) is 19.7 Å². The molecule has 0 saturated heterocycles. The fourth-order valence-corrected chi connectivity index (χ4v) is 3.80. The molecule has 0 saturated carbocycles. The molecule has 0 spiro atoms. The second-order valence-corrected chi connectivity index (χ2v) is 7.44. The van der Waals surface area contributed by atoms with Gasteiger partial charge in [-0.15, -0.1) is 0 Å². The number of alkyl halides is 2. The lowest BCUT2D eigenvalue weighted by Gasteiger charge is -2.13. The second-order valence-electron chi connectivity index (χ2n) is 5.79. The van der Waals surface area contributed by atoms with Crippen molar-refractivity contribution in [2.45, 2.75) is 11.3 Å². The molecule has 0 aliphatic carbocycles. The molecular weight excluding hydrogens is 443 g/mol. The fourth-order valence-electron chi connectivity index (χ4n) is 2.68. The number of aromatic nitrogens is 3. The van der Waals surface area contributed by atoms with Gasteiger partial charge in [-0.2, -0.15) is 15.2 Å². The average molecular weight is 457 g/mol. The van der Waals surface area contributed by atoms with Crippen molar-refractivity contribution < 1.29 is 35.8 Å². The summed E-state index contributed by atoms with van der Waals surface area (Å²) >= 11 is 0. The van der Waals surface area contributed by atoms with Gasteiger partial charge in [0.2, 0.25) is 11.7 Å². The van der Waals surface area contributed by atoms with Crippen molar-refractivity contribution in [1.29, 1.82) is 5.26 Å². The first kappa shape index (κ1) is 22.0. The van der Waals surface area contributed by atoms with Gasteiger partial charge >= 0.3 is 0 Å². The Labute approximate surface area is 173 Å². The van der Waals surface area contributed by atoms with Crippen LogP contribution in [0.15, 0.2) is 23.2 Å². The molecule has 10 nitrogen and oxygen atoms in total. The maximum Gasteiger partial charge on any atom is 0.266 e. The number of anilines is 1. The number of aromatic amines is 1. The van der Waals surface area contributed by atoms with E-state index in [1.165, 1.54) is 14.2 Å². The summed E-state index contributed by atoms with van der Waals surface area (Å²) in [5, 5.41) is 8.51. The van der Waals surface area contributed by atoms with E-state index in [9.17, 15) is 21.6 Å². The largest absolute Gasteiger partial charge is 0.478 e. The molecule has 0 aliphatic rings. The van der Waals surface area contributed by atoms with Crippen LogP contribution >= 0.6 is 0 Å². The number of methoxy groups -OCH3 is 2. The molecule has 2 aromatic heterocycles. The van der Waals surface area contributed by atoms with Crippen molar-refractivity contribution in [3.05, 3.63) is 29.7 Å². The van der Waals surface area contributed by atoms with Gasteiger partial charge in [-0.1, -0.05) is 6.07 Å². The zero-order valence-electron chi connectivity index (χ0n) is 15.9. The molecule has 3 aromatic rings. The number of halogens is 3. The van der Waals surface area contributed by atoms with Crippen LogP contribution in [0.5, 0.6) is 17.5 Å². The van der Waals surface area contributed by atoms with Gasteiger partial charge in [0.1, 0.15) is 11.0 Å². The quantitative estimate of drug-likeness (QED) is 0.526. The summed E-state index contributed by atoms with van der Waals surface area (Å²) in [6.45, 7) is -0.372. The van der Waals surface area contributed by atoms with Gasteiger partial charge in [-0.05, 0) is 6.07 Å². The molecule has 0 aliphatic heterocycles. The molecule has 14 heteroatoms. The Morgan fingerprint density at radius 1 is 1.23 bits per heavy atom. The highest BCUT2D eigenvalue weighted by Gasteiger charge is 2.26. The highest BCUT2D eigenvalue weighted by molar-refractivity contribution is 7.93. The second kappa shape index (κ2) is 8.56. The third kappa shape index (κ3) is 4.12. The Balaban J connectivity index is 2.03. The van der Waals surface area contributed by atoms with Crippen molar-refractivity contribution in [3.8, 4) is 23.6 Å². The third-order valence-electron chi connectivity index (χ3n) is 4.01. The molecule has 2 heterocycles. The predicted molar refractivity (Wildman–Crippen MR) is 100 cm³/mol. The zero-order valence-corrected chi connectivity index (χ0v) is 16.8. The van der Waals surface area contributed by atoms with Crippen LogP contribution < -0.4 is 18.9 Å². The third-order valence-corrected chi connectivity index (χ3v) is 5.37. The summed E-state index contributed by atoms with van der Waals surface area (Å²) in [4.78, 5) is 9.65. The minimum absolute atomic E-state index is 0.122. The zero-order chi connectivity index (χ0) is 22.8. The van der Waals surface area contributed by atoms with Crippen LogP contribution in [-0.2, 0) is 10.0 Å². The summed E-state index contributed by atoms with van der Waals surface area (Å²) in [5.41, 5.74) is -1.26. The van der Waals surface area contributed by atoms with Crippen LogP contribution in [0.25, 0.3) is 10.9 Å². The normalized spacial score (nSPS) is 11.4. The topological polar surface area (TPSA) is 139 Å². The van der Waals surface area contributed by atoms with E-state index >= 15 is 0 Å². The van der Waals surface area contributed by atoms with Gasteiger partial charge in [-0.25, -0.2) is 26.3 Å². The highest BCUT2D eigenvalue weighted by Crippen LogP contribution is 2.36. The molecule has 1 aromatic carbocycles. The van der Waals surface area contributed by atoms with Crippen molar-refractivity contribution in [3.63, 3.8) is 0 Å². The van der Waals surface area contributed by atoms with E-state index in [4.69, 9.17) is 19.5 Å². The van der Waals surface area contributed by atoms with Crippen LogP contribution in [0, 0.1) is 17.1 Å². The summed E-state index contributed by atoms with van der Waals surface area (Å²) in [6.07, 6.45) is -2.12. The number of fused-ring (bicyclic) bond motifs is 1. The molecule has 2 N–H and O–H groups in total. The van der Waals surface area contributed by atoms with Crippen LogP contribution in [0.1, 0.15) is 12.0 Å². The Kier molecular flexibility index (Phi) is 6.07. The standard InChI is InChI=1S/C17H14F3N5O5S/c1-28-15-13(30-6-5-21)16(29-2)24-17(23-15)25-31(26,27)10-7-22-12-8(10)3-4-9(11(12)18)14(19)20/h3-4,7,14,22H,6H2,1-2H3,(H,23,24,25). The Hall–Kier alpha value is -3.73. The van der Waals surface area contributed by atoms with E-state index in [1.54, 1.807) is 6.07 Å². The lowest BCUT2D eigenvalue weighted by Crippen LogP contribution is -2.16. The van der Waals surface area contributed by atoms with Crippen LogP contribution in [0.2, 0.25) is 0 Å².